The van der Waals surface area contributed by atoms with E-state index in [9.17, 15) is 5.21 Å². The number of rotatable bonds is 0. The SMILES string of the molecule is [O-][NH+]1Cc2ccccc2O1. The standard InChI is InChI=1S/C7H7NO2/c9-8-5-6-3-1-2-4-7(6)10-8/h1-4,8H,5H2. The van der Waals surface area contributed by atoms with Crippen LogP contribution in [0.4, 0.5) is 0 Å². The Hall–Kier alpha value is -1.06. The van der Waals surface area contributed by atoms with E-state index in [4.69, 9.17) is 4.84 Å². The minimum Gasteiger partial charge on any atom is -0.590 e. The number of fused-ring (bicyclic) bond motifs is 1. The number of para-hydroxylation sites is 1. The molecule has 0 saturated heterocycles. The van der Waals surface area contributed by atoms with Crippen molar-refractivity contribution in [2.24, 2.45) is 0 Å². The molecule has 0 spiro atoms. The van der Waals surface area contributed by atoms with Crippen molar-refractivity contribution in [1.29, 1.82) is 0 Å². The zero-order valence-electron chi connectivity index (χ0n) is 5.33. The van der Waals surface area contributed by atoms with Crippen molar-refractivity contribution in [3.63, 3.8) is 0 Å². The summed E-state index contributed by atoms with van der Waals surface area (Å²) < 4.78 is 0. The molecule has 0 fully saturated rings. The topological polar surface area (TPSA) is 36.7 Å². The minimum absolute atomic E-state index is 0.152. The molecule has 0 aliphatic carbocycles. The average molecular weight is 137 g/mol. The van der Waals surface area contributed by atoms with Gasteiger partial charge in [0, 0.05) is 0 Å². The van der Waals surface area contributed by atoms with Gasteiger partial charge >= 0.3 is 0 Å². The van der Waals surface area contributed by atoms with E-state index >= 15 is 0 Å². The van der Waals surface area contributed by atoms with E-state index in [0.717, 1.165) is 5.56 Å². The van der Waals surface area contributed by atoms with Crippen molar-refractivity contribution in [3.05, 3.63) is 35.0 Å². The van der Waals surface area contributed by atoms with Gasteiger partial charge in [-0.1, -0.05) is 12.1 Å². The first-order chi connectivity index (χ1) is 4.86. The predicted octanol–water partition coefficient (Wildman–Crippen LogP) is -0.123. The van der Waals surface area contributed by atoms with Gasteiger partial charge in [0.15, 0.2) is 5.75 Å². The summed E-state index contributed by atoms with van der Waals surface area (Å²) in [6.45, 7) is 0.427. The molecule has 1 unspecified atom stereocenters. The third-order valence-electron chi connectivity index (χ3n) is 1.53. The van der Waals surface area contributed by atoms with Gasteiger partial charge in [-0.3, -0.25) is 0 Å². The zero-order valence-corrected chi connectivity index (χ0v) is 5.33. The van der Waals surface area contributed by atoms with Crippen molar-refractivity contribution < 1.29 is 10.1 Å². The van der Waals surface area contributed by atoms with Gasteiger partial charge < -0.3 is 10.0 Å². The summed E-state index contributed by atoms with van der Waals surface area (Å²) >= 11 is 0. The first-order valence-electron chi connectivity index (χ1n) is 3.15. The van der Waals surface area contributed by atoms with Crippen LogP contribution in [0.3, 0.4) is 0 Å². The highest BCUT2D eigenvalue weighted by molar-refractivity contribution is 5.33. The first kappa shape index (κ1) is 5.70. The van der Waals surface area contributed by atoms with Gasteiger partial charge in [0.2, 0.25) is 0 Å². The summed E-state index contributed by atoms with van der Waals surface area (Å²) in [6.07, 6.45) is 0. The van der Waals surface area contributed by atoms with Gasteiger partial charge in [0.1, 0.15) is 6.54 Å². The molecule has 52 valence electrons. The summed E-state index contributed by atoms with van der Waals surface area (Å²) in [5, 5.41) is 10.5. The number of hydrogen-bond donors (Lipinski definition) is 1. The summed E-state index contributed by atoms with van der Waals surface area (Å²) in [6, 6.07) is 7.47. The summed E-state index contributed by atoms with van der Waals surface area (Å²) in [5.74, 6) is 0.715. The molecule has 1 atom stereocenters. The number of benzene rings is 1. The lowest BCUT2D eigenvalue weighted by Crippen LogP contribution is -3.06. The lowest BCUT2D eigenvalue weighted by Gasteiger charge is -2.09. The van der Waals surface area contributed by atoms with Crippen molar-refractivity contribution in [1.82, 2.24) is 0 Å². The van der Waals surface area contributed by atoms with Crippen molar-refractivity contribution in [2.75, 3.05) is 0 Å². The van der Waals surface area contributed by atoms with Crippen LogP contribution in [0.5, 0.6) is 5.75 Å². The first-order valence-corrected chi connectivity index (χ1v) is 3.15. The Morgan fingerprint density at radius 3 is 3.00 bits per heavy atom. The van der Waals surface area contributed by atoms with Crippen LogP contribution in [0, 0.1) is 5.21 Å². The molecule has 10 heavy (non-hydrogen) atoms. The van der Waals surface area contributed by atoms with E-state index < -0.39 is 0 Å². The van der Waals surface area contributed by atoms with E-state index in [1.807, 2.05) is 18.2 Å². The average Bonchev–Trinajstić information content (AvgIpc) is 2.27. The molecule has 1 aliphatic rings. The highest BCUT2D eigenvalue weighted by Gasteiger charge is 2.17. The molecule has 0 radical (unpaired) electrons. The Morgan fingerprint density at radius 2 is 2.20 bits per heavy atom. The second-order valence-electron chi connectivity index (χ2n) is 2.26. The second kappa shape index (κ2) is 1.97. The molecule has 0 saturated carbocycles. The van der Waals surface area contributed by atoms with Crippen LogP contribution in [0.1, 0.15) is 5.56 Å². The van der Waals surface area contributed by atoms with Crippen LogP contribution in [0.25, 0.3) is 0 Å². The molecule has 0 aromatic heterocycles. The molecule has 1 aromatic carbocycles. The molecule has 1 heterocycles. The number of nitrogens with one attached hydrogen (secondary N) is 1. The summed E-state index contributed by atoms with van der Waals surface area (Å²) in [7, 11) is 0. The predicted molar refractivity (Wildman–Crippen MR) is 35.1 cm³/mol. The van der Waals surface area contributed by atoms with Crippen LogP contribution in [0.2, 0.25) is 0 Å². The highest BCUT2D eigenvalue weighted by Crippen LogP contribution is 2.18. The van der Waals surface area contributed by atoms with Crippen molar-refractivity contribution in [3.8, 4) is 5.75 Å². The Balaban J connectivity index is 2.42. The fourth-order valence-corrected chi connectivity index (χ4v) is 1.06. The van der Waals surface area contributed by atoms with E-state index in [-0.39, 0.29) is 5.23 Å². The highest BCUT2D eigenvalue weighted by atomic mass is 16.9. The molecule has 1 aromatic rings. The lowest BCUT2D eigenvalue weighted by atomic mass is 10.2. The van der Waals surface area contributed by atoms with Gasteiger partial charge in [-0.25, -0.2) is 0 Å². The maximum absolute atomic E-state index is 10.7. The smallest absolute Gasteiger partial charge is 0.199 e. The third-order valence-corrected chi connectivity index (χ3v) is 1.53. The molecule has 1 aliphatic heterocycles. The molecule has 3 heteroatoms. The third kappa shape index (κ3) is 0.761. The lowest BCUT2D eigenvalue weighted by molar-refractivity contribution is -1.02. The van der Waals surface area contributed by atoms with Crippen molar-refractivity contribution in [2.45, 2.75) is 6.54 Å². The zero-order chi connectivity index (χ0) is 6.97. The van der Waals surface area contributed by atoms with E-state index in [1.165, 1.54) is 0 Å². The molecular weight excluding hydrogens is 130 g/mol. The fraction of sp³-hybridized carbons (Fsp3) is 0.143. The second-order valence-corrected chi connectivity index (χ2v) is 2.26. The Labute approximate surface area is 58.4 Å². The maximum atomic E-state index is 10.7. The monoisotopic (exact) mass is 137 g/mol. The minimum atomic E-state index is -0.152. The Kier molecular flexibility index (Phi) is 1.12. The van der Waals surface area contributed by atoms with Crippen LogP contribution in [0.15, 0.2) is 24.3 Å². The van der Waals surface area contributed by atoms with Crippen LogP contribution in [-0.4, -0.2) is 0 Å². The van der Waals surface area contributed by atoms with E-state index in [0.29, 0.717) is 12.3 Å². The Morgan fingerprint density at radius 1 is 1.40 bits per heavy atom. The molecule has 3 nitrogen and oxygen atoms in total. The maximum Gasteiger partial charge on any atom is 0.199 e. The molecular formula is C7H7NO2. The number of hydrogen-bond acceptors (Lipinski definition) is 2. The molecule has 0 bridgehead atoms. The summed E-state index contributed by atoms with van der Waals surface area (Å²) in [4.78, 5) is 4.87. The van der Waals surface area contributed by atoms with Gasteiger partial charge in [0.25, 0.3) is 0 Å². The van der Waals surface area contributed by atoms with Gasteiger partial charge in [0.05, 0.1) is 5.56 Å². The molecule has 1 N–H and O–H groups in total. The van der Waals surface area contributed by atoms with Crippen molar-refractivity contribution >= 4 is 0 Å². The molecule has 2 rings (SSSR count). The van der Waals surface area contributed by atoms with Gasteiger partial charge in [-0.2, -0.15) is 5.23 Å². The largest absolute Gasteiger partial charge is 0.590 e. The molecule has 0 amide bonds. The van der Waals surface area contributed by atoms with Crippen LogP contribution < -0.4 is 10.1 Å². The van der Waals surface area contributed by atoms with Gasteiger partial charge in [-0.15, -0.1) is 0 Å². The van der Waals surface area contributed by atoms with Crippen LogP contribution in [-0.2, 0) is 6.54 Å². The van der Waals surface area contributed by atoms with Gasteiger partial charge in [-0.05, 0) is 12.1 Å². The summed E-state index contributed by atoms with van der Waals surface area (Å²) in [5.41, 5.74) is 0.993. The fourth-order valence-electron chi connectivity index (χ4n) is 1.06. The van der Waals surface area contributed by atoms with E-state index in [1.54, 1.807) is 6.07 Å². The number of quaternary nitrogens is 1. The quantitative estimate of drug-likeness (QED) is 0.506. The normalized spacial score (nSPS) is 21.9. The Bertz CT molecular complexity index is 224. The number of hydroxylamine groups is 2. The van der Waals surface area contributed by atoms with Crippen LogP contribution >= 0.6 is 0 Å². The van der Waals surface area contributed by atoms with E-state index in [2.05, 4.69) is 0 Å².